The molecular formula is C35H23F9O2. The lowest BCUT2D eigenvalue weighted by Crippen LogP contribution is -2.24. The van der Waals surface area contributed by atoms with Crippen LogP contribution in [0.25, 0.3) is 21.9 Å². The molecule has 0 fully saturated rings. The third kappa shape index (κ3) is 5.63. The van der Waals surface area contributed by atoms with Gasteiger partial charge in [-0.25, -0.2) is 26.3 Å². The van der Waals surface area contributed by atoms with Crippen LogP contribution in [0.15, 0.2) is 66.7 Å². The maximum Gasteiger partial charge on any atom is 0.429 e. The lowest BCUT2D eigenvalue weighted by molar-refractivity contribution is -0.187. The highest BCUT2D eigenvalue weighted by molar-refractivity contribution is 5.88. The summed E-state index contributed by atoms with van der Waals surface area (Å²) in [5.41, 5.74) is -0.141. The molecule has 1 heterocycles. The van der Waals surface area contributed by atoms with Gasteiger partial charge in [0, 0.05) is 17.7 Å². The van der Waals surface area contributed by atoms with Crippen LogP contribution in [0.4, 0.5) is 39.5 Å². The first-order chi connectivity index (χ1) is 21.9. The Morgan fingerprint density at radius 1 is 0.739 bits per heavy atom. The summed E-state index contributed by atoms with van der Waals surface area (Å²) in [5.74, 6) is -12.3. The molecule has 6 rings (SSSR count). The van der Waals surface area contributed by atoms with Gasteiger partial charge in [-0.1, -0.05) is 43.7 Å². The van der Waals surface area contributed by atoms with Crippen LogP contribution in [-0.4, -0.2) is 0 Å². The number of ether oxygens (including phenoxy) is 2. The van der Waals surface area contributed by atoms with Crippen molar-refractivity contribution in [2.24, 2.45) is 0 Å². The highest BCUT2D eigenvalue weighted by atomic mass is 19.3. The van der Waals surface area contributed by atoms with E-state index in [9.17, 15) is 35.1 Å². The van der Waals surface area contributed by atoms with E-state index in [-0.39, 0.29) is 29.0 Å². The molecule has 0 radical (unpaired) electrons. The maximum absolute atomic E-state index is 15.1. The number of alkyl halides is 2. The Morgan fingerprint density at radius 2 is 1.43 bits per heavy atom. The zero-order valence-corrected chi connectivity index (χ0v) is 24.0. The van der Waals surface area contributed by atoms with Gasteiger partial charge in [0.1, 0.15) is 17.4 Å². The van der Waals surface area contributed by atoms with Crippen LogP contribution < -0.4 is 9.47 Å². The van der Waals surface area contributed by atoms with E-state index in [2.05, 4.69) is 4.74 Å². The minimum atomic E-state index is -4.58. The van der Waals surface area contributed by atoms with Crippen molar-refractivity contribution >= 4 is 10.8 Å². The van der Waals surface area contributed by atoms with Gasteiger partial charge >= 0.3 is 6.11 Å². The number of fused-ring (bicyclic) bond motifs is 2. The van der Waals surface area contributed by atoms with E-state index in [1.807, 2.05) is 6.92 Å². The molecule has 0 amide bonds. The van der Waals surface area contributed by atoms with Crippen LogP contribution in [0.2, 0.25) is 0 Å². The average Bonchev–Trinajstić information content (AvgIpc) is 3.02. The SMILES string of the molecule is CCCc1cc2c(c(F)c1F)OC(c1ccc3cc(-c4ccc(C(F)(F)Oc5cc(F)c(F)c(F)c5)c(F)c4F)ccc3c1)CC2. The van der Waals surface area contributed by atoms with Crippen LogP contribution >= 0.6 is 0 Å². The van der Waals surface area contributed by atoms with Gasteiger partial charge in [0.25, 0.3) is 0 Å². The van der Waals surface area contributed by atoms with Crippen LogP contribution in [0.3, 0.4) is 0 Å². The van der Waals surface area contributed by atoms with Crippen LogP contribution in [0.5, 0.6) is 11.5 Å². The van der Waals surface area contributed by atoms with Gasteiger partial charge in [-0.15, -0.1) is 0 Å². The number of hydrogen-bond acceptors (Lipinski definition) is 2. The molecule has 2 nitrogen and oxygen atoms in total. The van der Waals surface area contributed by atoms with Crippen molar-refractivity contribution in [2.75, 3.05) is 0 Å². The van der Waals surface area contributed by atoms with E-state index < -0.39 is 64.2 Å². The van der Waals surface area contributed by atoms with E-state index in [0.29, 0.717) is 59.2 Å². The van der Waals surface area contributed by atoms with Crippen molar-refractivity contribution in [1.29, 1.82) is 0 Å². The monoisotopic (exact) mass is 646 g/mol. The smallest absolute Gasteiger partial charge is 0.429 e. The zero-order chi connectivity index (χ0) is 32.9. The molecule has 0 saturated heterocycles. The Balaban J connectivity index is 1.25. The third-order valence-corrected chi connectivity index (χ3v) is 7.92. The van der Waals surface area contributed by atoms with Crippen molar-refractivity contribution in [1.82, 2.24) is 0 Å². The van der Waals surface area contributed by atoms with Crippen molar-refractivity contribution in [3.05, 3.63) is 130 Å². The second-order valence-corrected chi connectivity index (χ2v) is 11.0. The minimum Gasteiger partial charge on any atom is -0.482 e. The predicted molar refractivity (Wildman–Crippen MR) is 152 cm³/mol. The number of hydrogen-bond donors (Lipinski definition) is 0. The van der Waals surface area contributed by atoms with Gasteiger partial charge in [0.15, 0.2) is 40.7 Å². The lowest BCUT2D eigenvalue weighted by Gasteiger charge is -2.28. The molecular weight excluding hydrogens is 623 g/mol. The van der Waals surface area contributed by atoms with Gasteiger partial charge in [0.05, 0.1) is 0 Å². The molecule has 0 aliphatic carbocycles. The van der Waals surface area contributed by atoms with E-state index in [0.717, 1.165) is 6.07 Å². The van der Waals surface area contributed by atoms with E-state index in [1.54, 1.807) is 30.3 Å². The summed E-state index contributed by atoms with van der Waals surface area (Å²) in [7, 11) is 0. The van der Waals surface area contributed by atoms with E-state index in [4.69, 9.17) is 4.74 Å². The summed E-state index contributed by atoms with van der Waals surface area (Å²) in [6.07, 6.45) is -3.06. The fourth-order valence-corrected chi connectivity index (χ4v) is 5.63. The number of benzene rings is 5. The largest absolute Gasteiger partial charge is 0.482 e. The first-order valence-corrected chi connectivity index (χ1v) is 14.3. The van der Waals surface area contributed by atoms with E-state index >= 15 is 4.39 Å². The van der Waals surface area contributed by atoms with Gasteiger partial charge in [0.2, 0.25) is 5.82 Å². The molecule has 1 aliphatic rings. The number of halogens is 9. The summed E-state index contributed by atoms with van der Waals surface area (Å²) >= 11 is 0. The summed E-state index contributed by atoms with van der Waals surface area (Å²) < 4.78 is 139. The van der Waals surface area contributed by atoms with E-state index in [1.165, 1.54) is 12.1 Å². The highest BCUT2D eigenvalue weighted by Crippen LogP contribution is 2.41. The predicted octanol–water partition coefficient (Wildman–Crippen LogP) is 10.6. The average molecular weight is 647 g/mol. The molecule has 1 atom stereocenters. The van der Waals surface area contributed by atoms with Gasteiger partial charge < -0.3 is 9.47 Å². The second-order valence-electron chi connectivity index (χ2n) is 11.0. The minimum absolute atomic E-state index is 0.113. The summed E-state index contributed by atoms with van der Waals surface area (Å²) in [4.78, 5) is 0. The molecule has 5 aromatic carbocycles. The van der Waals surface area contributed by atoms with Gasteiger partial charge in [-0.05, 0) is 76.6 Å². The molecule has 0 aromatic heterocycles. The van der Waals surface area contributed by atoms with Gasteiger partial charge in [-0.2, -0.15) is 13.2 Å². The van der Waals surface area contributed by atoms with Crippen LogP contribution in [0.1, 0.15) is 48.1 Å². The molecule has 0 N–H and O–H groups in total. The van der Waals surface area contributed by atoms with Gasteiger partial charge in [-0.3, -0.25) is 0 Å². The normalized spacial score (nSPS) is 14.7. The molecule has 1 aliphatic heterocycles. The number of rotatable bonds is 7. The van der Waals surface area contributed by atoms with Crippen LogP contribution in [0, 0.1) is 40.7 Å². The van der Waals surface area contributed by atoms with Crippen molar-refractivity contribution in [3.63, 3.8) is 0 Å². The second kappa shape index (κ2) is 11.9. The molecule has 238 valence electrons. The van der Waals surface area contributed by atoms with Crippen LogP contribution in [-0.2, 0) is 19.0 Å². The molecule has 1 unspecified atom stereocenters. The van der Waals surface area contributed by atoms with Crippen molar-refractivity contribution in [3.8, 4) is 22.6 Å². The molecule has 0 saturated carbocycles. The molecule has 5 aromatic rings. The molecule has 0 bridgehead atoms. The Bertz CT molecular complexity index is 1970. The Hall–Kier alpha value is -4.67. The third-order valence-electron chi connectivity index (χ3n) is 7.92. The molecule has 11 heteroatoms. The summed E-state index contributed by atoms with van der Waals surface area (Å²) in [5, 5.41) is 1.24. The Kier molecular flexibility index (Phi) is 8.12. The highest BCUT2D eigenvalue weighted by Gasteiger charge is 2.40. The first kappa shape index (κ1) is 31.3. The quantitative estimate of drug-likeness (QED) is 0.129. The number of aryl methyl sites for hydroxylation is 2. The lowest BCUT2D eigenvalue weighted by atomic mass is 9.93. The summed E-state index contributed by atoms with van der Waals surface area (Å²) in [6, 6.07) is 13.1. The van der Waals surface area contributed by atoms with Crippen molar-refractivity contribution < 1.29 is 49.0 Å². The molecule has 0 spiro atoms. The van der Waals surface area contributed by atoms with Crippen molar-refractivity contribution in [2.45, 2.75) is 44.8 Å². The fourth-order valence-electron chi connectivity index (χ4n) is 5.63. The standard InChI is InChI=1S/C35H23F9O2/c1-2-3-21-14-22-8-11-28(45-34(22)33(42)29(21)38)20-7-5-17-12-19(6-4-18(17)13-20)24-9-10-25(31(40)30(24)39)35(43,44)46-23-15-26(36)32(41)27(37)16-23/h4-7,9-10,12-16,28H,2-3,8,11H2,1H3. The zero-order valence-electron chi connectivity index (χ0n) is 24.0. The topological polar surface area (TPSA) is 18.5 Å². The molecule has 46 heavy (non-hydrogen) atoms. The maximum atomic E-state index is 15.1. The first-order valence-electron chi connectivity index (χ1n) is 14.3. The summed E-state index contributed by atoms with van der Waals surface area (Å²) in [6.45, 7) is 1.88. The Labute approximate surface area is 257 Å². The fraction of sp³-hybridized carbons (Fsp3) is 0.200. The Morgan fingerprint density at radius 3 is 2.15 bits per heavy atom.